The van der Waals surface area contributed by atoms with Crippen molar-refractivity contribution in [2.45, 2.75) is 68.3 Å². The largest absolute Gasteiger partial charge is 0.467 e. The van der Waals surface area contributed by atoms with Gasteiger partial charge in [0.2, 0.25) is 5.91 Å². The molecule has 4 aliphatic rings. The van der Waals surface area contributed by atoms with Crippen molar-refractivity contribution in [2.24, 2.45) is 5.92 Å². The van der Waals surface area contributed by atoms with Gasteiger partial charge < -0.3 is 19.9 Å². The van der Waals surface area contributed by atoms with Crippen LogP contribution in [0.4, 0.5) is 13.2 Å². The van der Waals surface area contributed by atoms with Gasteiger partial charge in [-0.25, -0.2) is 4.98 Å². The van der Waals surface area contributed by atoms with Crippen LogP contribution in [0.5, 0.6) is 5.75 Å². The van der Waals surface area contributed by atoms with Gasteiger partial charge in [-0.15, -0.1) is 11.3 Å². The third-order valence-corrected chi connectivity index (χ3v) is 12.3. The average Bonchev–Trinajstić information content (AvgIpc) is 3.64. The Kier molecular flexibility index (Phi) is 8.40. The third-order valence-electron chi connectivity index (χ3n) is 11.2. The number of benzene rings is 3. The number of thiazole rings is 1. The molecular formula is C39H37F3N4O4S. The SMILES string of the molecule is CN(C(=O)c1csc(C2CCN(C(=O)c3ccccc3-c3ccc(C(F)(F)F)cc3)CC2)n1)C1CCC23NC(=O)CC(c4ccccc4O2)C3C1. The molecule has 0 spiro atoms. The Morgan fingerprint density at radius 1 is 1.00 bits per heavy atom. The van der Waals surface area contributed by atoms with E-state index in [9.17, 15) is 27.6 Å². The molecule has 4 heterocycles. The van der Waals surface area contributed by atoms with E-state index in [2.05, 4.69) is 5.32 Å². The summed E-state index contributed by atoms with van der Waals surface area (Å²) in [6.07, 6.45) is -0.628. The van der Waals surface area contributed by atoms with Gasteiger partial charge in [0.25, 0.3) is 11.8 Å². The number of halogens is 3. The standard InChI is InChI=1S/C39H37F3N4O4S/c1-45(26-14-17-38-31(20-26)30(21-34(47)44-38)28-7-4-5-9-33(28)50-38)37(49)32-22-51-35(43-32)24-15-18-46(19-16-24)36(48)29-8-3-2-6-27(29)23-10-12-25(13-11-23)39(40,41)42/h2-13,22,24,26,30-31H,14-21H2,1H3,(H,44,47). The van der Waals surface area contributed by atoms with E-state index in [1.165, 1.54) is 23.5 Å². The van der Waals surface area contributed by atoms with Gasteiger partial charge in [-0.2, -0.15) is 13.2 Å². The van der Waals surface area contributed by atoms with Gasteiger partial charge in [-0.3, -0.25) is 14.4 Å². The number of ether oxygens (including phenoxy) is 1. The molecule has 8 rings (SSSR count). The Bertz CT molecular complexity index is 1990. The summed E-state index contributed by atoms with van der Waals surface area (Å²) < 4.78 is 45.8. The number of piperidine rings is 2. The molecule has 1 aromatic heterocycles. The lowest BCUT2D eigenvalue weighted by Crippen LogP contribution is -2.68. The summed E-state index contributed by atoms with van der Waals surface area (Å²) in [6, 6.07) is 19.8. The molecule has 4 unspecified atom stereocenters. The number of likely N-dealkylation sites (tertiary alicyclic amines) is 1. The molecule has 1 aliphatic carbocycles. The molecule has 0 radical (unpaired) electrons. The smallest absolute Gasteiger partial charge is 0.416 e. The Morgan fingerprint density at radius 3 is 2.49 bits per heavy atom. The minimum Gasteiger partial charge on any atom is -0.467 e. The number of hydrogen-bond acceptors (Lipinski definition) is 6. The average molecular weight is 715 g/mol. The highest BCUT2D eigenvalue weighted by Gasteiger charge is 2.57. The molecule has 2 saturated heterocycles. The Balaban J connectivity index is 0.907. The minimum absolute atomic E-state index is 0.00167. The number of carbonyl (C=O) groups excluding carboxylic acids is 3. The van der Waals surface area contributed by atoms with Gasteiger partial charge in [-0.05, 0) is 66.6 Å². The van der Waals surface area contributed by atoms with Crippen molar-refractivity contribution in [3.8, 4) is 16.9 Å². The molecule has 1 N–H and O–H groups in total. The zero-order chi connectivity index (χ0) is 35.5. The molecule has 2 bridgehead atoms. The molecule has 51 heavy (non-hydrogen) atoms. The third kappa shape index (κ3) is 6.07. The van der Waals surface area contributed by atoms with Gasteiger partial charge in [0.1, 0.15) is 11.4 Å². The number of fused-ring (bicyclic) bond motifs is 2. The number of para-hydroxylation sites is 1. The number of nitrogens with one attached hydrogen (secondary N) is 1. The predicted octanol–water partition coefficient (Wildman–Crippen LogP) is 7.48. The van der Waals surface area contributed by atoms with Gasteiger partial charge in [-0.1, -0.05) is 48.5 Å². The van der Waals surface area contributed by atoms with Crippen LogP contribution in [0, 0.1) is 5.92 Å². The van der Waals surface area contributed by atoms with E-state index >= 15 is 0 Å². The van der Waals surface area contributed by atoms with Crippen molar-refractivity contribution in [3.05, 3.63) is 106 Å². The first-order chi connectivity index (χ1) is 24.5. The topological polar surface area (TPSA) is 91.8 Å². The molecule has 3 amide bonds. The molecule has 4 atom stereocenters. The zero-order valence-corrected chi connectivity index (χ0v) is 28.8. The number of rotatable bonds is 5. The van der Waals surface area contributed by atoms with Crippen molar-refractivity contribution in [2.75, 3.05) is 20.1 Å². The van der Waals surface area contributed by atoms with Crippen molar-refractivity contribution < 1.29 is 32.3 Å². The number of alkyl halides is 3. The summed E-state index contributed by atoms with van der Waals surface area (Å²) in [4.78, 5) is 48.5. The highest BCUT2D eigenvalue weighted by Crippen LogP contribution is 2.54. The van der Waals surface area contributed by atoms with Crippen molar-refractivity contribution in [1.82, 2.24) is 20.1 Å². The first-order valence-corrected chi connectivity index (χ1v) is 18.3. The molecule has 3 aliphatic heterocycles. The summed E-state index contributed by atoms with van der Waals surface area (Å²) in [5, 5.41) is 5.87. The first-order valence-electron chi connectivity index (χ1n) is 17.4. The van der Waals surface area contributed by atoms with Gasteiger partial charge in [0, 0.05) is 67.7 Å². The maximum Gasteiger partial charge on any atom is 0.416 e. The quantitative estimate of drug-likeness (QED) is 0.232. The molecule has 3 fully saturated rings. The van der Waals surface area contributed by atoms with Crippen molar-refractivity contribution in [3.63, 3.8) is 0 Å². The van der Waals surface area contributed by atoms with Crippen LogP contribution in [0.3, 0.4) is 0 Å². The van der Waals surface area contributed by atoms with Crippen LogP contribution in [0.2, 0.25) is 0 Å². The number of hydrogen-bond donors (Lipinski definition) is 1. The van der Waals surface area contributed by atoms with Crippen molar-refractivity contribution >= 4 is 29.1 Å². The lowest BCUT2D eigenvalue weighted by atomic mass is 9.64. The second-order valence-electron chi connectivity index (χ2n) is 14.1. The van der Waals surface area contributed by atoms with E-state index in [1.54, 1.807) is 34.1 Å². The molecular weight excluding hydrogens is 678 g/mol. The van der Waals surface area contributed by atoms with E-state index in [0.29, 0.717) is 74.0 Å². The van der Waals surface area contributed by atoms with Crippen LogP contribution < -0.4 is 10.1 Å². The molecule has 1 saturated carbocycles. The monoisotopic (exact) mass is 714 g/mol. The predicted molar refractivity (Wildman–Crippen MR) is 185 cm³/mol. The Hall–Kier alpha value is -4.71. The van der Waals surface area contributed by atoms with Crippen LogP contribution in [-0.2, 0) is 11.0 Å². The summed E-state index contributed by atoms with van der Waals surface area (Å²) in [5.74, 6) is 0.740. The second kappa shape index (κ2) is 12.8. The zero-order valence-electron chi connectivity index (χ0n) is 28.0. The van der Waals surface area contributed by atoms with E-state index in [4.69, 9.17) is 9.72 Å². The highest BCUT2D eigenvalue weighted by molar-refractivity contribution is 7.09. The summed E-state index contributed by atoms with van der Waals surface area (Å²) in [6.45, 7) is 1.00. The summed E-state index contributed by atoms with van der Waals surface area (Å²) in [7, 11) is 1.84. The fraction of sp³-hybridized carbons (Fsp3) is 0.385. The van der Waals surface area contributed by atoms with Crippen LogP contribution in [0.25, 0.3) is 11.1 Å². The first kappa shape index (κ1) is 33.4. The number of amides is 3. The lowest BCUT2D eigenvalue weighted by Gasteiger charge is -2.56. The van der Waals surface area contributed by atoms with Crippen molar-refractivity contribution in [1.29, 1.82) is 0 Å². The lowest BCUT2D eigenvalue weighted by molar-refractivity contribution is -0.151. The fourth-order valence-electron chi connectivity index (χ4n) is 8.53. The van der Waals surface area contributed by atoms with E-state index in [0.717, 1.165) is 28.5 Å². The molecule has 8 nitrogen and oxygen atoms in total. The number of nitrogens with zero attached hydrogens (tertiary/aromatic N) is 3. The van der Waals surface area contributed by atoms with Crippen LogP contribution in [-0.4, -0.2) is 64.4 Å². The van der Waals surface area contributed by atoms with Gasteiger partial charge in [0.15, 0.2) is 5.72 Å². The highest BCUT2D eigenvalue weighted by atomic mass is 32.1. The minimum atomic E-state index is -4.43. The van der Waals surface area contributed by atoms with Gasteiger partial charge >= 0.3 is 6.18 Å². The van der Waals surface area contributed by atoms with E-state index in [-0.39, 0.29) is 41.5 Å². The maximum atomic E-state index is 13.8. The Morgan fingerprint density at radius 2 is 1.73 bits per heavy atom. The van der Waals surface area contributed by atoms with Gasteiger partial charge in [0.05, 0.1) is 10.6 Å². The second-order valence-corrected chi connectivity index (χ2v) is 15.0. The Labute approximate surface area is 297 Å². The molecule has 12 heteroatoms. The van der Waals surface area contributed by atoms with Crippen LogP contribution in [0.1, 0.15) is 87.3 Å². The molecule has 264 valence electrons. The van der Waals surface area contributed by atoms with E-state index in [1.807, 2.05) is 36.7 Å². The molecule has 3 aromatic carbocycles. The van der Waals surface area contributed by atoms with Crippen LogP contribution >= 0.6 is 11.3 Å². The number of aromatic nitrogens is 1. The maximum absolute atomic E-state index is 13.8. The normalized spacial score (nSPS) is 24.5. The van der Waals surface area contributed by atoms with Crippen LogP contribution in [0.15, 0.2) is 78.2 Å². The summed E-state index contributed by atoms with van der Waals surface area (Å²) in [5.41, 5.74) is 1.58. The fourth-order valence-corrected chi connectivity index (χ4v) is 9.49. The van der Waals surface area contributed by atoms with E-state index < -0.39 is 17.5 Å². The summed E-state index contributed by atoms with van der Waals surface area (Å²) >= 11 is 1.47. The number of carbonyl (C=O) groups is 3. The molecule has 4 aromatic rings.